The van der Waals surface area contributed by atoms with E-state index in [0.29, 0.717) is 0 Å². The van der Waals surface area contributed by atoms with Crippen LogP contribution in [0.3, 0.4) is 0 Å². The number of allylic oxidation sites excluding steroid dienone is 2. The normalized spacial score (nSPS) is 20.5. The van der Waals surface area contributed by atoms with Gasteiger partial charge in [0.1, 0.15) is 0 Å². The summed E-state index contributed by atoms with van der Waals surface area (Å²) in [5.41, 5.74) is 5.03. The first-order valence-electron chi connectivity index (χ1n) is 11.6. The second-order valence-corrected chi connectivity index (χ2v) is 7.78. The zero-order chi connectivity index (χ0) is 22.1. The molecule has 2 aromatic rings. The van der Waals surface area contributed by atoms with Gasteiger partial charge in [0.15, 0.2) is 0 Å². The van der Waals surface area contributed by atoms with Crippen LogP contribution in [0, 0.1) is 76.4 Å². The molecule has 0 amide bonds. The molecule has 0 aromatic heterocycles. The van der Waals surface area contributed by atoms with Gasteiger partial charge in [-0.25, -0.2) is 11.1 Å². The van der Waals surface area contributed by atoms with E-state index < -0.39 is 0 Å². The Morgan fingerprint density at radius 1 is 0.394 bits per heavy atom. The van der Waals surface area contributed by atoms with Crippen LogP contribution >= 0.6 is 0 Å². The van der Waals surface area contributed by atoms with Crippen molar-refractivity contribution >= 4 is 0 Å². The molecule has 3 fully saturated rings. The Kier molecular flexibility index (Phi) is 15.2. The van der Waals surface area contributed by atoms with Crippen LogP contribution in [0.5, 0.6) is 0 Å². The van der Waals surface area contributed by atoms with Crippen LogP contribution in [-0.2, 0) is 21.7 Å². The van der Waals surface area contributed by atoms with Crippen molar-refractivity contribution in [1.82, 2.24) is 0 Å². The second-order valence-electron chi connectivity index (χ2n) is 7.78. The first-order valence-corrected chi connectivity index (χ1v) is 11.6. The smallest absolute Gasteiger partial charge is 0.201 e. The fourth-order valence-corrected chi connectivity index (χ4v) is 3.57. The molecule has 3 aliphatic carbocycles. The molecule has 33 heavy (non-hydrogen) atoms. The van der Waals surface area contributed by atoms with Gasteiger partial charge in [-0.2, -0.15) is 23.3 Å². The Morgan fingerprint density at radius 2 is 0.697 bits per heavy atom. The van der Waals surface area contributed by atoms with Gasteiger partial charge in [0.25, 0.3) is 0 Å². The Morgan fingerprint density at radius 3 is 1.00 bits per heavy atom. The van der Waals surface area contributed by atoms with E-state index in [2.05, 4.69) is 72.8 Å². The van der Waals surface area contributed by atoms with Gasteiger partial charge in [-0.15, -0.1) is 48.5 Å². The minimum absolute atomic E-state index is 0. The van der Waals surface area contributed by atoms with Gasteiger partial charge in [0.2, 0.25) is 0 Å². The van der Waals surface area contributed by atoms with Crippen molar-refractivity contribution < 1.29 is 21.7 Å². The van der Waals surface area contributed by atoms with E-state index in [1.54, 1.807) is 0 Å². The van der Waals surface area contributed by atoms with Crippen LogP contribution < -0.4 is 0 Å². The van der Waals surface area contributed by atoms with Gasteiger partial charge in [0, 0.05) is 0 Å². The van der Waals surface area contributed by atoms with E-state index in [1.807, 2.05) is 64.2 Å². The van der Waals surface area contributed by atoms with Crippen molar-refractivity contribution in [2.45, 2.75) is 38.5 Å². The largest absolute Gasteiger partial charge is 2.00 e. The van der Waals surface area contributed by atoms with Crippen LogP contribution in [0.15, 0.2) is 71.8 Å². The fourth-order valence-electron chi connectivity index (χ4n) is 3.57. The Bertz CT molecular complexity index is 695. The molecule has 1 heteroatoms. The van der Waals surface area contributed by atoms with Crippen molar-refractivity contribution in [1.29, 1.82) is 0 Å². The number of hydrogen-bond donors (Lipinski definition) is 0. The molecule has 0 nitrogen and oxygen atoms in total. The third-order valence-electron chi connectivity index (χ3n) is 5.22. The molecule has 164 valence electrons. The molecular formula is C32H32Ti. The average molecular weight is 464 g/mol. The number of rotatable bonds is 2. The molecule has 0 N–H and O–H groups in total. The fraction of sp³-hybridized carbons (Fsp3) is 0.188. The van der Waals surface area contributed by atoms with Gasteiger partial charge in [-0.05, 0) is 64.2 Å². The molecule has 0 atom stereocenters. The zero-order valence-corrected chi connectivity index (χ0v) is 20.9. The molecule has 0 spiro atoms. The maximum atomic E-state index is 3.64. The summed E-state index contributed by atoms with van der Waals surface area (Å²) in [7, 11) is 0. The van der Waals surface area contributed by atoms with Crippen molar-refractivity contribution in [3.8, 4) is 0 Å². The van der Waals surface area contributed by atoms with E-state index in [-0.39, 0.29) is 21.7 Å². The first kappa shape index (κ1) is 27.9. The number of hydrogen-bond acceptors (Lipinski definition) is 0. The summed E-state index contributed by atoms with van der Waals surface area (Å²) >= 11 is 0. The summed E-state index contributed by atoms with van der Waals surface area (Å²) in [4.78, 5) is 0. The van der Waals surface area contributed by atoms with Crippen LogP contribution in [0.4, 0.5) is 0 Å². The van der Waals surface area contributed by atoms with E-state index in [9.17, 15) is 0 Å². The summed E-state index contributed by atoms with van der Waals surface area (Å²) in [6.07, 6.45) is 34.7. The molecule has 3 saturated carbocycles. The standard InChI is InChI=1S/C22H22.2C5H5.Ti/c1-2-10-16-22(18-20-13-7-4-8-14-20)21(15-9-1)17-19-11-5-3-6-12-19;2*1-2-4-5-3-1;/h3-8,11-14H,1-2,9-10,15-16H2;2*1-5H;/q-2;;;+2. The summed E-state index contributed by atoms with van der Waals surface area (Å²) in [6.45, 7) is 0. The van der Waals surface area contributed by atoms with Gasteiger partial charge < -0.3 is 0 Å². The summed E-state index contributed by atoms with van der Waals surface area (Å²) in [5.74, 6) is 0. The average Bonchev–Trinajstić information content (AvgIpc) is 3.59. The minimum Gasteiger partial charge on any atom is -0.201 e. The summed E-state index contributed by atoms with van der Waals surface area (Å²) in [6, 6.07) is 21.0. The quantitative estimate of drug-likeness (QED) is 0.313. The van der Waals surface area contributed by atoms with E-state index in [1.165, 1.54) is 48.0 Å². The SMILES string of the molecule is [C-](=C1CCCCCCC1=[C-]c1ccccc1)c1ccccc1.[CH]1[CH][CH][CH][CH]1.[CH]1[CH][CH][CH][CH]1.[Ti+2]. The van der Waals surface area contributed by atoms with E-state index in [0.717, 1.165) is 12.8 Å². The van der Waals surface area contributed by atoms with Crippen LogP contribution in [0.2, 0.25) is 0 Å². The molecule has 0 unspecified atom stereocenters. The van der Waals surface area contributed by atoms with Crippen molar-refractivity contribution in [3.63, 3.8) is 0 Å². The van der Waals surface area contributed by atoms with Gasteiger partial charge in [-0.1, -0.05) is 50.7 Å². The van der Waals surface area contributed by atoms with Crippen LogP contribution in [-0.4, -0.2) is 0 Å². The van der Waals surface area contributed by atoms with Crippen molar-refractivity contribution in [2.24, 2.45) is 0 Å². The zero-order valence-electron chi connectivity index (χ0n) is 19.3. The predicted octanol–water partition coefficient (Wildman–Crippen LogP) is 7.94. The van der Waals surface area contributed by atoms with E-state index in [4.69, 9.17) is 0 Å². The van der Waals surface area contributed by atoms with Crippen molar-refractivity contribution in [3.05, 3.63) is 159 Å². The van der Waals surface area contributed by atoms with Crippen LogP contribution in [0.25, 0.3) is 0 Å². The summed E-state index contributed by atoms with van der Waals surface area (Å²) in [5, 5.41) is 0. The number of benzene rings is 2. The van der Waals surface area contributed by atoms with Crippen molar-refractivity contribution in [2.75, 3.05) is 0 Å². The Hall–Kier alpha value is -1.37. The third kappa shape index (κ3) is 12.1. The Balaban J connectivity index is 0.000000288. The monoisotopic (exact) mass is 464 g/mol. The maximum absolute atomic E-state index is 3.64. The molecule has 10 radical (unpaired) electrons. The predicted molar refractivity (Wildman–Crippen MR) is 135 cm³/mol. The molecule has 2 aromatic carbocycles. The van der Waals surface area contributed by atoms with Gasteiger partial charge >= 0.3 is 21.7 Å². The molecule has 0 bridgehead atoms. The molecule has 3 aliphatic rings. The molecule has 0 saturated heterocycles. The van der Waals surface area contributed by atoms with Gasteiger partial charge in [-0.3, -0.25) is 0 Å². The first-order chi connectivity index (χ1) is 15.9. The third-order valence-corrected chi connectivity index (χ3v) is 5.22. The molecule has 0 heterocycles. The summed E-state index contributed by atoms with van der Waals surface area (Å²) < 4.78 is 0. The minimum atomic E-state index is 0. The molecule has 5 rings (SSSR count). The van der Waals surface area contributed by atoms with E-state index >= 15 is 0 Å². The van der Waals surface area contributed by atoms with Gasteiger partial charge in [0.05, 0.1) is 0 Å². The molecular weight excluding hydrogens is 432 g/mol. The molecule has 0 aliphatic heterocycles. The Labute approximate surface area is 218 Å². The topological polar surface area (TPSA) is 0 Å². The maximum Gasteiger partial charge on any atom is 2.00 e. The van der Waals surface area contributed by atoms with Crippen LogP contribution in [0.1, 0.15) is 49.7 Å². The second kappa shape index (κ2) is 18.0.